The zero-order chi connectivity index (χ0) is 12.3. The number of para-hydroxylation sites is 1. The molecule has 0 aliphatic carbocycles. The summed E-state index contributed by atoms with van der Waals surface area (Å²) in [6.07, 6.45) is -0.443. The van der Waals surface area contributed by atoms with Crippen LogP contribution in [0.1, 0.15) is 13.8 Å². The van der Waals surface area contributed by atoms with E-state index in [0.717, 1.165) is 11.0 Å². The number of aliphatic hydroxyl groups is 1. The number of hydrogen-bond donors (Lipinski definition) is 2. The minimum Gasteiger partial charge on any atom is -0.391 e. The molecule has 1 aromatic rings. The van der Waals surface area contributed by atoms with E-state index in [4.69, 9.17) is 0 Å². The Labute approximate surface area is 97.3 Å². The molecule has 0 radical (unpaired) electrons. The highest BCUT2D eigenvalue weighted by atomic mass is 31.2. The summed E-state index contributed by atoms with van der Waals surface area (Å²) in [5.74, 6) is 0. The molecule has 16 heavy (non-hydrogen) atoms. The van der Waals surface area contributed by atoms with E-state index in [0.29, 0.717) is 0 Å². The van der Waals surface area contributed by atoms with Crippen molar-refractivity contribution in [3.63, 3.8) is 0 Å². The van der Waals surface area contributed by atoms with Gasteiger partial charge in [0.05, 0.1) is 6.10 Å². The maximum atomic E-state index is 12.1. The maximum Gasteiger partial charge on any atom is 0.111 e. The molecule has 0 heterocycles. The van der Waals surface area contributed by atoms with Crippen LogP contribution >= 0.6 is 7.14 Å². The third-order valence-corrected chi connectivity index (χ3v) is 4.14. The predicted octanol–water partition coefficient (Wildman–Crippen LogP) is 2.12. The average molecular weight is 241 g/mol. The van der Waals surface area contributed by atoms with E-state index >= 15 is 0 Å². The van der Waals surface area contributed by atoms with Gasteiger partial charge in [-0.1, -0.05) is 12.1 Å². The Balaban J connectivity index is 3.01. The molecule has 1 aromatic carbocycles. The number of rotatable bonds is 4. The average Bonchev–Trinajstić information content (AvgIpc) is 2.16. The minimum absolute atomic E-state index is 0.0623. The zero-order valence-corrected chi connectivity index (χ0v) is 11.2. The summed E-state index contributed by atoms with van der Waals surface area (Å²) in [4.78, 5) is 0. The Morgan fingerprint density at radius 1 is 1.25 bits per heavy atom. The summed E-state index contributed by atoms with van der Waals surface area (Å²) in [6.45, 7) is 7.14. The van der Waals surface area contributed by atoms with Crippen LogP contribution in [0.4, 0.5) is 5.69 Å². The molecule has 2 N–H and O–H groups in total. The van der Waals surface area contributed by atoms with Crippen LogP contribution in [0.2, 0.25) is 0 Å². The maximum absolute atomic E-state index is 12.1. The van der Waals surface area contributed by atoms with Crippen LogP contribution in [0.25, 0.3) is 0 Å². The highest BCUT2D eigenvalue weighted by molar-refractivity contribution is 7.70. The van der Waals surface area contributed by atoms with E-state index < -0.39 is 13.2 Å². The van der Waals surface area contributed by atoms with Crippen molar-refractivity contribution in [3.05, 3.63) is 24.3 Å². The molecular weight excluding hydrogens is 221 g/mol. The molecule has 0 fully saturated rings. The van der Waals surface area contributed by atoms with E-state index in [1.165, 1.54) is 0 Å². The number of hydrogen-bond acceptors (Lipinski definition) is 3. The Morgan fingerprint density at radius 3 is 2.31 bits per heavy atom. The molecule has 0 aliphatic heterocycles. The monoisotopic (exact) mass is 241 g/mol. The fraction of sp³-hybridized carbons (Fsp3) is 0.500. The molecule has 0 unspecified atom stereocenters. The Kier molecular flexibility index (Phi) is 4.17. The first-order chi connectivity index (χ1) is 7.32. The van der Waals surface area contributed by atoms with Crippen molar-refractivity contribution in [3.8, 4) is 0 Å². The predicted molar refractivity (Wildman–Crippen MR) is 70.3 cm³/mol. The second-order valence-corrected chi connectivity index (χ2v) is 7.73. The molecule has 0 spiro atoms. The molecule has 3 nitrogen and oxygen atoms in total. The van der Waals surface area contributed by atoms with Crippen LogP contribution in [-0.2, 0) is 4.57 Å². The van der Waals surface area contributed by atoms with Gasteiger partial charge in [0.15, 0.2) is 0 Å². The fourth-order valence-electron chi connectivity index (χ4n) is 1.43. The van der Waals surface area contributed by atoms with Gasteiger partial charge >= 0.3 is 0 Å². The van der Waals surface area contributed by atoms with Gasteiger partial charge in [-0.2, -0.15) is 0 Å². The zero-order valence-electron chi connectivity index (χ0n) is 10.3. The first-order valence-corrected chi connectivity index (χ1v) is 8.01. The van der Waals surface area contributed by atoms with Crippen LogP contribution < -0.4 is 10.6 Å². The molecule has 0 aliphatic rings. The van der Waals surface area contributed by atoms with Gasteiger partial charge in [-0.05, 0) is 39.3 Å². The van der Waals surface area contributed by atoms with Crippen molar-refractivity contribution in [1.82, 2.24) is 0 Å². The summed E-state index contributed by atoms with van der Waals surface area (Å²) in [7, 11) is -2.29. The quantitative estimate of drug-likeness (QED) is 0.794. The SMILES string of the molecule is C[C@H](O)[C@@H](C)Nc1ccccc1P(C)(C)=O. The van der Waals surface area contributed by atoms with Gasteiger partial charge in [-0.15, -0.1) is 0 Å². The number of benzene rings is 1. The van der Waals surface area contributed by atoms with Crippen molar-refractivity contribution < 1.29 is 9.67 Å². The first-order valence-electron chi connectivity index (χ1n) is 5.41. The normalized spacial score (nSPS) is 15.6. The van der Waals surface area contributed by atoms with Crippen LogP contribution in [0.3, 0.4) is 0 Å². The minimum atomic E-state index is -2.29. The standard InChI is InChI=1S/C12H20NO2P/c1-9(10(2)14)13-11-7-5-6-8-12(11)16(3,4)15/h5-10,13-14H,1-4H3/t9-,10+/m1/s1. The summed E-state index contributed by atoms with van der Waals surface area (Å²) in [5.41, 5.74) is 0.851. The number of nitrogens with one attached hydrogen (secondary N) is 1. The van der Waals surface area contributed by atoms with Gasteiger partial charge < -0.3 is 15.0 Å². The largest absolute Gasteiger partial charge is 0.391 e. The number of anilines is 1. The van der Waals surface area contributed by atoms with E-state index in [1.807, 2.05) is 31.2 Å². The Hall–Kier alpha value is -0.790. The third-order valence-electron chi connectivity index (χ3n) is 2.59. The summed E-state index contributed by atoms with van der Waals surface area (Å²) < 4.78 is 12.1. The van der Waals surface area contributed by atoms with Crippen molar-refractivity contribution >= 4 is 18.1 Å². The lowest BCUT2D eigenvalue weighted by atomic mass is 10.2. The lowest BCUT2D eigenvalue weighted by molar-refractivity contribution is 0.178. The number of aliphatic hydroxyl groups excluding tert-OH is 1. The molecule has 90 valence electrons. The van der Waals surface area contributed by atoms with E-state index in [9.17, 15) is 9.67 Å². The van der Waals surface area contributed by atoms with Gasteiger partial charge in [0, 0.05) is 17.0 Å². The van der Waals surface area contributed by atoms with E-state index in [1.54, 1.807) is 20.3 Å². The molecule has 0 bridgehead atoms. The molecule has 0 saturated carbocycles. The third kappa shape index (κ3) is 3.36. The fourth-order valence-corrected chi connectivity index (χ4v) is 2.60. The molecule has 0 saturated heterocycles. The van der Waals surface area contributed by atoms with Crippen LogP contribution in [0.15, 0.2) is 24.3 Å². The Morgan fingerprint density at radius 2 is 1.81 bits per heavy atom. The van der Waals surface area contributed by atoms with Gasteiger partial charge in [0.1, 0.15) is 7.14 Å². The summed E-state index contributed by atoms with van der Waals surface area (Å²) in [6, 6.07) is 7.49. The summed E-state index contributed by atoms with van der Waals surface area (Å²) in [5, 5.41) is 13.5. The summed E-state index contributed by atoms with van der Waals surface area (Å²) >= 11 is 0. The first kappa shape index (κ1) is 13.3. The van der Waals surface area contributed by atoms with Gasteiger partial charge in [-0.25, -0.2) is 0 Å². The lowest BCUT2D eigenvalue weighted by Crippen LogP contribution is -2.30. The second kappa shape index (κ2) is 5.03. The van der Waals surface area contributed by atoms with Gasteiger partial charge in [0.25, 0.3) is 0 Å². The molecule has 4 heteroatoms. The molecular formula is C12H20NO2P. The highest BCUT2D eigenvalue weighted by Gasteiger charge is 2.17. The smallest absolute Gasteiger partial charge is 0.111 e. The van der Waals surface area contributed by atoms with Crippen LogP contribution in [-0.4, -0.2) is 30.6 Å². The Bertz CT molecular complexity index is 398. The molecule has 0 amide bonds. The lowest BCUT2D eigenvalue weighted by Gasteiger charge is -2.21. The van der Waals surface area contributed by atoms with E-state index in [2.05, 4.69) is 5.32 Å². The van der Waals surface area contributed by atoms with Crippen molar-refractivity contribution in [1.29, 1.82) is 0 Å². The van der Waals surface area contributed by atoms with Crippen molar-refractivity contribution in [2.75, 3.05) is 18.6 Å². The highest BCUT2D eigenvalue weighted by Crippen LogP contribution is 2.37. The molecule has 1 rings (SSSR count). The van der Waals surface area contributed by atoms with Crippen LogP contribution in [0.5, 0.6) is 0 Å². The second-order valence-electron chi connectivity index (χ2n) is 4.54. The van der Waals surface area contributed by atoms with Crippen LogP contribution in [0, 0.1) is 0 Å². The van der Waals surface area contributed by atoms with Gasteiger partial charge in [0.2, 0.25) is 0 Å². The van der Waals surface area contributed by atoms with Crippen molar-refractivity contribution in [2.24, 2.45) is 0 Å². The van der Waals surface area contributed by atoms with E-state index in [-0.39, 0.29) is 6.04 Å². The van der Waals surface area contributed by atoms with Gasteiger partial charge in [-0.3, -0.25) is 0 Å². The topological polar surface area (TPSA) is 49.3 Å². The molecule has 2 atom stereocenters. The van der Waals surface area contributed by atoms with Crippen molar-refractivity contribution in [2.45, 2.75) is 26.0 Å². The molecule has 0 aromatic heterocycles.